The molecule has 0 aliphatic rings. The summed E-state index contributed by atoms with van der Waals surface area (Å²) in [6.45, 7) is 1.60. The summed E-state index contributed by atoms with van der Waals surface area (Å²) in [7, 11) is -3.15. The summed E-state index contributed by atoms with van der Waals surface area (Å²) in [5.41, 5.74) is -1.33. The predicted octanol–water partition coefficient (Wildman–Crippen LogP) is 3.34. The normalized spacial score (nSPS) is 14.2. The zero-order chi connectivity index (χ0) is 21.0. The van der Waals surface area contributed by atoms with Crippen LogP contribution in [0.2, 0.25) is 0 Å². The van der Waals surface area contributed by atoms with E-state index in [1.54, 1.807) is 37.3 Å². The number of esters is 1. The molecule has 2 aromatic carbocycles. The van der Waals surface area contributed by atoms with Crippen LogP contribution in [0.1, 0.15) is 18.9 Å². The van der Waals surface area contributed by atoms with Crippen LogP contribution in [0, 0.1) is 0 Å². The zero-order valence-electron chi connectivity index (χ0n) is 15.0. The van der Waals surface area contributed by atoms with Crippen LogP contribution < -0.4 is 9.46 Å². The Kier molecular flexibility index (Phi) is 6.35. The van der Waals surface area contributed by atoms with Crippen molar-refractivity contribution in [2.45, 2.75) is 30.1 Å². The molecule has 0 unspecified atom stereocenters. The summed E-state index contributed by atoms with van der Waals surface area (Å²) in [6, 6.07) is 11.8. The van der Waals surface area contributed by atoms with Gasteiger partial charge in [0, 0.05) is 0 Å². The van der Waals surface area contributed by atoms with Crippen molar-refractivity contribution >= 4 is 16.0 Å². The molecule has 0 saturated carbocycles. The lowest BCUT2D eigenvalue weighted by Crippen LogP contribution is -2.51. The fraction of sp³-hybridized carbons (Fsp3) is 0.278. The highest BCUT2D eigenvalue weighted by molar-refractivity contribution is 7.89. The lowest BCUT2D eigenvalue weighted by atomic mass is 9.88. The van der Waals surface area contributed by atoms with Crippen molar-refractivity contribution in [3.8, 4) is 5.75 Å². The monoisotopic (exact) mass is 417 g/mol. The Labute approximate surface area is 160 Å². The molecule has 0 radical (unpaired) electrons. The van der Waals surface area contributed by atoms with E-state index in [0.29, 0.717) is 5.56 Å². The molecule has 0 aliphatic carbocycles. The Hall–Kier alpha value is -2.59. The van der Waals surface area contributed by atoms with Crippen LogP contribution >= 0.6 is 0 Å². The van der Waals surface area contributed by atoms with Crippen LogP contribution in [-0.4, -0.2) is 27.9 Å². The number of rotatable bonds is 7. The first-order valence-electron chi connectivity index (χ1n) is 8.08. The molecule has 28 heavy (non-hydrogen) atoms. The number of hydrogen-bond acceptors (Lipinski definition) is 5. The van der Waals surface area contributed by atoms with E-state index in [4.69, 9.17) is 4.74 Å². The third-order valence-corrected chi connectivity index (χ3v) is 5.52. The van der Waals surface area contributed by atoms with Crippen molar-refractivity contribution in [2.24, 2.45) is 0 Å². The quantitative estimate of drug-likeness (QED) is 0.699. The third kappa shape index (κ3) is 4.82. The molecular weight excluding hydrogens is 399 g/mol. The van der Waals surface area contributed by atoms with Gasteiger partial charge in [0.2, 0.25) is 10.0 Å². The summed E-state index contributed by atoms with van der Waals surface area (Å²) >= 11 is 0. The molecule has 0 amide bonds. The summed E-state index contributed by atoms with van der Waals surface area (Å²) in [6.07, 6.45) is -4.85. The Morgan fingerprint density at radius 3 is 2.07 bits per heavy atom. The van der Waals surface area contributed by atoms with E-state index >= 15 is 0 Å². The maximum Gasteiger partial charge on any atom is 0.573 e. The van der Waals surface area contributed by atoms with Gasteiger partial charge in [0.15, 0.2) is 5.54 Å². The number of carbonyl (C=O) groups is 1. The van der Waals surface area contributed by atoms with Crippen molar-refractivity contribution in [1.29, 1.82) is 0 Å². The molecule has 0 aromatic heterocycles. The fourth-order valence-corrected chi connectivity index (χ4v) is 4.06. The molecule has 0 heterocycles. The Bertz CT molecular complexity index is 914. The van der Waals surface area contributed by atoms with Gasteiger partial charge in [0.25, 0.3) is 0 Å². The summed E-state index contributed by atoms with van der Waals surface area (Å²) in [5, 5.41) is 0. The van der Waals surface area contributed by atoms with Crippen molar-refractivity contribution in [1.82, 2.24) is 4.72 Å². The summed E-state index contributed by atoms with van der Waals surface area (Å²) in [4.78, 5) is 12.2. The van der Waals surface area contributed by atoms with Gasteiger partial charge >= 0.3 is 12.3 Å². The number of nitrogens with one attached hydrogen (secondary N) is 1. The maximum atomic E-state index is 12.8. The number of hydrogen-bond donors (Lipinski definition) is 1. The third-order valence-electron chi connectivity index (χ3n) is 4.01. The molecule has 10 heteroatoms. The lowest BCUT2D eigenvalue weighted by Gasteiger charge is -2.31. The molecule has 1 N–H and O–H groups in total. The lowest BCUT2D eigenvalue weighted by molar-refractivity contribution is -0.274. The molecule has 0 aliphatic heterocycles. The maximum absolute atomic E-state index is 12.8. The average Bonchev–Trinajstić information content (AvgIpc) is 2.65. The van der Waals surface area contributed by atoms with Crippen LogP contribution in [-0.2, 0) is 25.1 Å². The van der Waals surface area contributed by atoms with Gasteiger partial charge in [0.1, 0.15) is 5.75 Å². The van der Waals surface area contributed by atoms with Gasteiger partial charge in [0.05, 0.1) is 12.0 Å². The Balaban J connectivity index is 2.42. The Morgan fingerprint density at radius 1 is 1.04 bits per heavy atom. The van der Waals surface area contributed by atoms with E-state index in [1.807, 2.05) is 0 Å². The van der Waals surface area contributed by atoms with E-state index in [2.05, 4.69) is 9.46 Å². The number of alkyl halides is 3. The smallest absolute Gasteiger partial charge is 0.467 e. The number of sulfonamides is 1. The molecule has 6 nitrogen and oxygen atoms in total. The van der Waals surface area contributed by atoms with Crippen molar-refractivity contribution in [3.05, 3.63) is 60.2 Å². The molecule has 0 bridgehead atoms. The minimum atomic E-state index is -4.89. The largest absolute Gasteiger partial charge is 0.573 e. The molecule has 152 valence electrons. The number of ether oxygens (including phenoxy) is 2. The highest BCUT2D eigenvalue weighted by Crippen LogP contribution is 2.30. The van der Waals surface area contributed by atoms with Crippen LogP contribution in [0.5, 0.6) is 5.75 Å². The molecule has 2 aromatic rings. The van der Waals surface area contributed by atoms with E-state index in [9.17, 15) is 26.4 Å². The highest BCUT2D eigenvalue weighted by atomic mass is 32.2. The molecule has 0 fully saturated rings. The topological polar surface area (TPSA) is 81.7 Å². The van der Waals surface area contributed by atoms with E-state index in [-0.39, 0.29) is 11.3 Å². The SMILES string of the molecule is CC[C@@](NS(=O)(=O)c1ccc(OC(F)(F)F)cc1)(C(=O)OC)c1ccccc1. The minimum Gasteiger partial charge on any atom is -0.467 e. The number of methoxy groups -OCH3 is 1. The van der Waals surface area contributed by atoms with E-state index < -0.39 is 33.6 Å². The summed E-state index contributed by atoms with van der Waals surface area (Å²) < 4.78 is 73.3. The second-order valence-corrected chi connectivity index (χ2v) is 7.42. The second-order valence-electron chi connectivity index (χ2n) is 5.74. The van der Waals surface area contributed by atoms with Crippen LogP contribution in [0.3, 0.4) is 0 Å². The predicted molar refractivity (Wildman–Crippen MR) is 93.9 cm³/mol. The van der Waals surface area contributed by atoms with Gasteiger partial charge in [-0.25, -0.2) is 13.2 Å². The van der Waals surface area contributed by atoms with Crippen LogP contribution in [0.15, 0.2) is 59.5 Å². The van der Waals surface area contributed by atoms with Gasteiger partial charge in [-0.2, -0.15) is 4.72 Å². The first-order valence-corrected chi connectivity index (χ1v) is 9.56. The molecular formula is C18H18F3NO5S. The standard InChI is InChI=1S/C18H18F3NO5S/c1-3-17(16(23)26-2,13-7-5-4-6-8-13)22-28(24,25)15-11-9-14(10-12-15)27-18(19,20)21/h4-12,22H,3H2,1-2H3/t17-/m0/s1. The molecule has 0 saturated heterocycles. The average molecular weight is 417 g/mol. The first-order chi connectivity index (χ1) is 13.0. The molecule has 0 spiro atoms. The van der Waals surface area contributed by atoms with Crippen molar-refractivity contribution < 1.29 is 35.9 Å². The zero-order valence-corrected chi connectivity index (χ0v) is 15.8. The van der Waals surface area contributed by atoms with Crippen LogP contribution in [0.4, 0.5) is 13.2 Å². The van der Waals surface area contributed by atoms with E-state index in [1.165, 1.54) is 0 Å². The van der Waals surface area contributed by atoms with Gasteiger partial charge in [-0.1, -0.05) is 37.3 Å². The summed E-state index contributed by atoms with van der Waals surface area (Å²) in [5.74, 6) is -1.38. The fourth-order valence-electron chi connectivity index (χ4n) is 2.64. The second kappa shape index (κ2) is 8.19. The van der Waals surface area contributed by atoms with Gasteiger partial charge in [-0.15, -0.1) is 13.2 Å². The minimum absolute atomic E-state index is 0.0399. The number of benzene rings is 2. The molecule has 2 rings (SSSR count). The van der Waals surface area contributed by atoms with Crippen molar-refractivity contribution in [2.75, 3.05) is 7.11 Å². The number of halogens is 3. The number of carbonyl (C=O) groups excluding carboxylic acids is 1. The first kappa shape index (κ1) is 21.7. The van der Waals surface area contributed by atoms with Crippen LogP contribution in [0.25, 0.3) is 0 Å². The van der Waals surface area contributed by atoms with Gasteiger partial charge in [-0.05, 0) is 36.2 Å². The van der Waals surface area contributed by atoms with Gasteiger partial charge in [-0.3, -0.25) is 0 Å². The molecule has 1 atom stereocenters. The van der Waals surface area contributed by atoms with Crippen molar-refractivity contribution in [3.63, 3.8) is 0 Å². The van der Waals surface area contributed by atoms with E-state index in [0.717, 1.165) is 31.4 Å². The van der Waals surface area contributed by atoms with Gasteiger partial charge < -0.3 is 9.47 Å². The Morgan fingerprint density at radius 2 is 1.61 bits per heavy atom. The highest BCUT2D eigenvalue weighted by Gasteiger charge is 2.43.